The summed E-state index contributed by atoms with van der Waals surface area (Å²) in [5.74, 6) is 0. The Morgan fingerprint density at radius 1 is 1.24 bits per heavy atom. The van der Waals surface area contributed by atoms with Gasteiger partial charge in [-0.05, 0) is 34.8 Å². The Bertz CT molecular complexity index is 656. The van der Waals surface area contributed by atoms with Crippen LogP contribution in [0.2, 0.25) is 5.28 Å². The Morgan fingerprint density at radius 2 is 2.18 bits per heavy atom. The molecule has 0 saturated carbocycles. The van der Waals surface area contributed by atoms with Gasteiger partial charge in [0.1, 0.15) is 14.9 Å². The van der Waals surface area contributed by atoms with E-state index in [2.05, 4.69) is 19.9 Å². The lowest BCUT2D eigenvalue weighted by Gasteiger charge is -2.01. The van der Waals surface area contributed by atoms with Crippen LogP contribution in [-0.4, -0.2) is 19.9 Å². The van der Waals surface area contributed by atoms with Crippen LogP contribution in [0, 0.1) is 0 Å². The molecule has 0 aliphatic rings. The Balaban J connectivity index is 2.08. The molecule has 3 rings (SSSR count). The van der Waals surface area contributed by atoms with E-state index in [-0.39, 0.29) is 5.28 Å². The van der Waals surface area contributed by atoms with Gasteiger partial charge in [0.25, 0.3) is 0 Å². The first-order valence-electron chi connectivity index (χ1n) is 4.67. The van der Waals surface area contributed by atoms with E-state index in [1.165, 1.54) is 11.8 Å². The van der Waals surface area contributed by atoms with E-state index in [0.29, 0.717) is 0 Å². The van der Waals surface area contributed by atoms with E-state index in [1.54, 1.807) is 29.9 Å². The molecule has 3 heterocycles. The van der Waals surface area contributed by atoms with Crippen LogP contribution in [0.3, 0.4) is 0 Å². The van der Waals surface area contributed by atoms with Crippen molar-refractivity contribution in [2.75, 3.05) is 0 Å². The second-order valence-electron chi connectivity index (χ2n) is 3.08. The standard InChI is InChI=1S/C10H5ClN4S2/c11-10-14-8-6(1-4-16-8)9(15-10)17-7-5-12-2-3-13-7/h1-5H. The topological polar surface area (TPSA) is 51.6 Å². The fourth-order valence-corrected chi connectivity index (χ4v) is 3.25. The van der Waals surface area contributed by atoms with E-state index in [4.69, 9.17) is 11.6 Å². The summed E-state index contributed by atoms with van der Waals surface area (Å²) >= 11 is 8.86. The SMILES string of the molecule is Clc1nc(Sc2cnccn2)c2ccsc2n1. The first-order valence-corrected chi connectivity index (χ1v) is 6.75. The smallest absolute Gasteiger partial charge is 0.224 e. The van der Waals surface area contributed by atoms with Gasteiger partial charge in [0.15, 0.2) is 0 Å². The number of hydrogen-bond acceptors (Lipinski definition) is 6. The molecule has 84 valence electrons. The zero-order valence-electron chi connectivity index (χ0n) is 8.37. The van der Waals surface area contributed by atoms with Crippen LogP contribution in [0.4, 0.5) is 0 Å². The van der Waals surface area contributed by atoms with Gasteiger partial charge in [0, 0.05) is 17.8 Å². The minimum atomic E-state index is 0.256. The number of thiophene rings is 1. The van der Waals surface area contributed by atoms with E-state index in [0.717, 1.165) is 20.3 Å². The molecule has 0 fully saturated rings. The Labute approximate surface area is 110 Å². The van der Waals surface area contributed by atoms with E-state index >= 15 is 0 Å². The molecule has 4 nitrogen and oxygen atoms in total. The first kappa shape index (κ1) is 10.9. The van der Waals surface area contributed by atoms with Crippen LogP contribution < -0.4 is 0 Å². The Kier molecular flexibility index (Phi) is 2.92. The molecule has 0 unspecified atom stereocenters. The lowest BCUT2D eigenvalue weighted by Crippen LogP contribution is -1.87. The third kappa shape index (κ3) is 2.24. The highest BCUT2D eigenvalue weighted by atomic mass is 35.5. The molecule has 0 aliphatic carbocycles. The molecule has 7 heteroatoms. The molecular weight excluding hydrogens is 276 g/mol. The monoisotopic (exact) mass is 280 g/mol. The summed E-state index contributed by atoms with van der Waals surface area (Å²) < 4.78 is 0. The summed E-state index contributed by atoms with van der Waals surface area (Å²) in [5.41, 5.74) is 0. The van der Waals surface area contributed by atoms with Gasteiger partial charge >= 0.3 is 0 Å². The van der Waals surface area contributed by atoms with Crippen molar-refractivity contribution in [1.29, 1.82) is 0 Å². The van der Waals surface area contributed by atoms with E-state index in [9.17, 15) is 0 Å². The molecule has 0 bridgehead atoms. The summed E-state index contributed by atoms with van der Waals surface area (Å²) in [6.45, 7) is 0. The summed E-state index contributed by atoms with van der Waals surface area (Å²) in [7, 11) is 0. The zero-order valence-corrected chi connectivity index (χ0v) is 10.8. The number of halogens is 1. The maximum absolute atomic E-state index is 5.88. The van der Waals surface area contributed by atoms with Crippen molar-refractivity contribution in [3.63, 3.8) is 0 Å². The number of fused-ring (bicyclic) bond motifs is 1. The Hall–Kier alpha value is -1.24. The summed E-state index contributed by atoms with van der Waals surface area (Å²) in [5, 5.41) is 4.81. The van der Waals surface area contributed by atoms with Crippen LogP contribution in [0.5, 0.6) is 0 Å². The second-order valence-corrected chi connectivity index (χ2v) is 5.32. The molecule has 0 aliphatic heterocycles. The van der Waals surface area contributed by atoms with Crippen molar-refractivity contribution >= 4 is 44.9 Å². The van der Waals surface area contributed by atoms with Crippen LogP contribution in [0.1, 0.15) is 0 Å². The molecule has 0 spiro atoms. The number of hydrogen-bond donors (Lipinski definition) is 0. The second kappa shape index (κ2) is 4.56. The van der Waals surface area contributed by atoms with Gasteiger partial charge in [-0.25, -0.2) is 15.0 Å². The Morgan fingerprint density at radius 3 is 3.00 bits per heavy atom. The number of aromatic nitrogens is 4. The number of rotatable bonds is 2. The largest absolute Gasteiger partial charge is 0.260 e. The molecule has 3 aromatic heterocycles. The molecule has 0 amide bonds. The third-order valence-electron chi connectivity index (χ3n) is 2.00. The van der Waals surface area contributed by atoms with Gasteiger partial charge in [-0.15, -0.1) is 11.3 Å². The highest BCUT2D eigenvalue weighted by Gasteiger charge is 2.09. The van der Waals surface area contributed by atoms with Gasteiger partial charge in [-0.3, -0.25) is 4.98 Å². The quantitative estimate of drug-likeness (QED) is 0.532. The molecular formula is C10H5ClN4S2. The number of nitrogens with zero attached hydrogens (tertiary/aromatic N) is 4. The van der Waals surface area contributed by atoms with Crippen molar-refractivity contribution in [3.8, 4) is 0 Å². The minimum absolute atomic E-state index is 0.256. The van der Waals surface area contributed by atoms with Crippen LogP contribution in [0.15, 0.2) is 40.1 Å². The minimum Gasteiger partial charge on any atom is -0.260 e. The van der Waals surface area contributed by atoms with Crippen LogP contribution in [0.25, 0.3) is 10.2 Å². The summed E-state index contributed by atoms with van der Waals surface area (Å²) in [4.78, 5) is 17.5. The van der Waals surface area contributed by atoms with Crippen molar-refractivity contribution in [1.82, 2.24) is 19.9 Å². The average Bonchev–Trinajstić information content (AvgIpc) is 2.78. The van der Waals surface area contributed by atoms with Gasteiger partial charge in [0.2, 0.25) is 5.28 Å². The van der Waals surface area contributed by atoms with Gasteiger partial charge in [-0.2, -0.15) is 0 Å². The average molecular weight is 281 g/mol. The first-order chi connectivity index (χ1) is 8.33. The fraction of sp³-hybridized carbons (Fsp3) is 0. The van der Waals surface area contributed by atoms with Crippen molar-refractivity contribution in [2.24, 2.45) is 0 Å². The molecule has 0 saturated heterocycles. The highest BCUT2D eigenvalue weighted by Crippen LogP contribution is 2.32. The molecule has 17 heavy (non-hydrogen) atoms. The van der Waals surface area contributed by atoms with E-state index in [1.807, 2.05) is 11.4 Å². The van der Waals surface area contributed by atoms with Crippen LogP contribution >= 0.6 is 34.7 Å². The fourth-order valence-electron chi connectivity index (χ4n) is 1.32. The van der Waals surface area contributed by atoms with Gasteiger partial charge in [-0.1, -0.05) is 0 Å². The predicted molar refractivity (Wildman–Crippen MR) is 68.6 cm³/mol. The van der Waals surface area contributed by atoms with E-state index < -0.39 is 0 Å². The lowest BCUT2D eigenvalue weighted by molar-refractivity contribution is 1.04. The molecule has 0 aromatic carbocycles. The normalized spacial score (nSPS) is 10.9. The van der Waals surface area contributed by atoms with Gasteiger partial charge in [0.05, 0.1) is 6.20 Å². The molecule has 0 atom stereocenters. The lowest BCUT2D eigenvalue weighted by atomic mass is 10.4. The molecule has 3 aromatic rings. The predicted octanol–water partition coefficient (Wildman–Crippen LogP) is 3.29. The van der Waals surface area contributed by atoms with Gasteiger partial charge < -0.3 is 0 Å². The molecule has 0 radical (unpaired) electrons. The van der Waals surface area contributed by atoms with Crippen molar-refractivity contribution in [3.05, 3.63) is 35.3 Å². The highest BCUT2D eigenvalue weighted by molar-refractivity contribution is 7.99. The summed E-state index contributed by atoms with van der Waals surface area (Å²) in [6, 6.07) is 1.98. The molecule has 0 N–H and O–H groups in total. The zero-order chi connectivity index (χ0) is 11.7. The maximum Gasteiger partial charge on any atom is 0.224 e. The third-order valence-corrected chi connectivity index (χ3v) is 3.90. The van der Waals surface area contributed by atoms with Crippen molar-refractivity contribution in [2.45, 2.75) is 10.1 Å². The van der Waals surface area contributed by atoms with Crippen molar-refractivity contribution < 1.29 is 0 Å². The van der Waals surface area contributed by atoms with Crippen LogP contribution in [-0.2, 0) is 0 Å². The summed E-state index contributed by atoms with van der Waals surface area (Å²) in [6.07, 6.45) is 4.98. The maximum atomic E-state index is 5.88.